The van der Waals surface area contributed by atoms with Crippen molar-refractivity contribution in [3.8, 4) is 0 Å². The highest BCUT2D eigenvalue weighted by Gasteiger charge is 2.39. The van der Waals surface area contributed by atoms with Crippen LogP contribution in [-0.4, -0.2) is 43.5 Å². The van der Waals surface area contributed by atoms with Crippen LogP contribution < -0.4 is 5.32 Å². The van der Waals surface area contributed by atoms with Crippen LogP contribution in [-0.2, 0) is 14.3 Å². The molecule has 1 aliphatic rings. The summed E-state index contributed by atoms with van der Waals surface area (Å²) in [5.41, 5.74) is -0.722. The second-order valence-electron chi connectivity index (χ2n) is 5.30. The molecule has 0 radical (unpaired) electrons. The van der Waals surface area contributed by atoms with Gasteiger partial charge in [-0.2, -0.15) is 13.2 Å². The summed E-state index contributed by atoms with van der Waals surface area (Å²) in [4.78, 5) is 11.8. The van der Waals surface area contributed by atoms with Crippen LogP contribution in [0.5, 0.6) is 0 Å². The Morgan fingerprint density at radius 1 is 1.39 bits per heavy atom. The molecular formula is C11H18F3NO3. The van der Waals surface area contributed by atoms with Crippen LogP contribution in [0.4, 0.5) is 13.2 Å². The fraction of sp³-hybridized carbons (Fsp3) is 0.909. The molecule has 7 heteroatoms. The van der Waals surface area contributed by atoms with Gasteiger partial charge < -0.3 is 9.47 Å². The van der Waals surface area contributed by atoms with E-state index < -0.39 is 30.3 Å². The zero-order valence-corrected chi connectivity index (χ0v) is 10.6. The molecule has 0 amide bonds. The van der Waals surface area contributed by atoms with E-state index in [0.717, 1.165) is 0 Å². The van der Waals surface area contributed by atoms with E-state index >= 15 is 0 Å². The fourth-order valence-electron chi connectivity index (χ4n) is 1.48. The van der Waals surface area contributed by atoms with Gasteiger partial charge >= 0.3 is 12.1 Å². The molecule has 1 aliphatic heterocycles. The first kappa shape index (κ1) is 15.2. The number of carbonyl (C=O) groups excluding carboxylic acids is 1. The molecule has 18 heavy (non-hydrogen) atoms. The van der Waals surface area contributed by atoms with Gasteiger partial charge in [0.2, 0.25) is 0 Å². The maximum absolute atomic E-state index is 12.2. The van der Waals surface area contributed by atoms with Crippen LogP contribution in [0.1, 0.15) is 20.8 Å². The Morgan fingerprint density at radius 2 is 1.94 bits per heavy atom. The van der Waals surface area contributed by atoms with Crippen molar-refractivity contribution < 1.29 is 27.4 Å². The zero-order valence-electron chi connectivity index (χ0n) is 10.6. The summed E-state index contributed by atoms with van der Waals surface area (Å²) in [5.74, 6) is -0.928. The third-order valence-corrected chi connectivity index (χ3v) is 2.32. The lowest BCUT2D eigenvalue weighted by Gasteiger charge is -2.34. The number of ether oxygens (including phenoxy) is 2. The Bertz CT molecular complexity index is 295. The Labute approximate surface area is 104 Å². The molecule has 1 heterocycles. The van der Waals surface area contributed by atoms with Crippen LogP contribution in [0, 0.1) is 5.92 Å². The van der Waals surface area contributed by atoms with Crippen LogP contribution in [0.3, 0.4) is 0 Å². The van der Waals surface area contributed by atoms with E-state index in [1.54, 1.807) is 20.8 Å². The van der Waals surface area contributed by atoms with Gasteiger partial charge in [0, 0.05) is 5.92 Å². The van der Waals surface area contributed by atoms with Crippen molar-refractivity contribution in [2.75, 3.05) is 19.8 Å². The summed E-state index contributed by atoms with van der Waals surface area (Å²) in [6.07, 6.45) is -4.36. The molecule has 0 aromatic rings. The summed E-state index contributed by atoms with van der Waals surface area (Å²) >= 11 is 0. The number of hydrogen-bond acceptors (Lipinski definition) is 4. The predicted molar refractivity (Wildman–Crippen MR) is 58.0 cm³/mol. The highest BCUT2D eigenvalue weighted by molar-refractivity contribution is 5.76. The van der Waals surface area contributed by atoms with Gasteiger partial charge in [-0.05, 0) is 20.8 Å². The minimum Gasteiger partial charge on any atom is -0.459 e. The third-order valence-electron chi connectivity index (χ3n) is 2.32. The summed E-state index contributed by atoms with van der Waals surface area (Å²) in [5, 5.41) is 2.20. The van der Waals surface area contributed by atoms with Crippen molar-refractivity contribution in [1.82, 2.24) is 5.32 Å². The Kier molecular flexibility index (Phi) is 4.61. The van der Waals surface area contributed by atoms with Crippen LogP contribution in [0.25, 0.3) is 0 Å². The molecule has 0 saturated carbocycles. The second-order valence-corrected chi connectivity index (χ2v) is 5.30. The number of nitrogens with one attached hydrogen (secondary N) is 1. The van der Waals surface area contributed by atoms with E-state index in [1.165, 1.54) is 0 Å². The smallest absolute Gasteiger partial charge is 0.401 e. The molecule has 106 valence electrons. The molecule has 1 rings (SSSR count). The van der Waals surface area contributed by atoms with Crippen molar-refractivity contribution in [1.29, 1.82) is 0 Å². The van der Waals surface area contributed by atoms with Crippen LogP contribution >= 0.6 is 0 Å². The molecule has 4 nitrogen and oxygen atoms in total. The van der Waals surface area contributed by atoms with Gasteiger partial charge in [-0.25, -0.2) is 0 Å². The van der Waals surface area contributed by atoms with Gasteiger partial charge in [-0.15, -0.1) is 0 Å². The second kappa shape index (κ2) is 5.44. The summed E-state index contributed by atoms with van der Waals surface area (Å²) in [6.45, 7) is 4.34. The van der Waals surface area contributed by atoms with E-state index in [0.29, 0.717) is 0 Å². The topological polar surface area (TPSA) is 47.6 Å². The first-order chi connectivity index (χ1) is 8.08. The molecule has 1 saturated heterocycles. The maximum atomic E-state index is 12.2. The average Bonchev–Trinajstić information content (AvgIpc) is 2.03. The van der Waals surface area contributed by atoms with Gasteiger partial charge in [0.15, 0.2) is 0 Å². The van der Waals surface area contributed by atoms with Crippen molar-refractivity contribution >= 4 is 5.97 Å². The molecule has 1 fully saturated rings. The molecular weight excluding hydrogens is 251 g/mol. The number of halogens is 3. The summed E-state index contributed by atoms with van der Waals surface area (Å²) in [7, 11) is 0. The van der Waals surface area contributed by atoms with Crippen LogP contribution in [0.2, 0.25) is 0 Å². The minimum atomic E-state index is -4.36. The first-order valence-electron chi connectivity index (χ1n) is 5.69. The average molecular weight is 269 g/mol. The predicted octanol–water partition coefficient (Wildman–Crippen LogP) is 1.49. The van der Waals surface area contributed by atoms with Gasteiger partial charge in [0.25, 0.3) is 0 Å². The molecule has 1 unspecified atom stereocenters. The number of rotatable bonds is 4. The molecule has 1 N–H and O–H groups in total. The van der Waals surface area contributed by atoms with Gasteiger partial charge in [-0.3, -0.25) is 10.1 Å². The highest BCUT2D eigenvalue weighted by atomic mass is 19.4. The number of hydrogen-bond donors (Lipinski definition) is 1. The standard InChI is InChI=1S/C11H18F3NO3/c1-10(2,3)18-9(16)8(7-4-17-5-7)15-6-11(12,13)14/h7-8,15H,4-6H2,1-3H3. The molecule has 0 aliphatic carbocycles. The monoisotopic (exact) mass is 269 g/mol. The normalized spacial score (nSPS) is 19.2. The van der Waals surface area contributed by atoms with E-state index in [9.17, 15) is 18.0 Å². The zero-order chi connectivity index (χ0) is 14.0. The largest absolute Gasteiger partial charge is 0.459 e. The first-order valence-corrected chi connectivity index (χ1v) is 5.69. The molecule has 0 spiro atoms. The van der Waals surface area contributed by atoms with E-state index in [4.69, 9.17) is 9.47 Å². The summed E-state index contributed by atoms with van der Waals surface area (Å²) < 4.78 is 46.5. The quantitative estimate of drug-likeness (QED) is 0.786. The number of carbonyl (C=O) groups is 1. The lowest BCUT2D eigenvalue weighted by Crippen LogP contribution is -2.54. The summed E-state index contributed by atoms with van der Waals surface area (Å²) in [6, 6.07) is -0.973. The number of esters is 1. The third kappa shape index (κ3) is 5.22. The van der Waals surface area contributed by atoms with Crippen molar-refractivity contribution in [2.45, 2.75) is 38.6 Å². The minimum absolute atomic E-state index is 0.262. The van der Waals surface area contributed by atoms with E-state index in [1.807, 2.05) is 0 Å². The lowest BCUT2D eigenvalue weighted by atomic mass is 9.97. The molecule has 0 bridgehead atoms. The van der Waals surface area contributed by atoms with E-state index in [2.05, 4.69) is 5.32 Å². The Morgan fingerprint density at radius 3 is 2.28 bits per heavy atom. The fourth-order valence-corrected chi connectivity index (χ4v) is 1.48. The molecule has 0 aromatic heterocycles. The van der Waals surface area contributed by atoms with E-state index in [-0.39, 0.29) is 19.1 Å². The SMILES string of the molecule is CC(C)(C)OC(=O)C(NCC(F)(F)F)C1COC1. The Hall–Kier alpha value is -0.820. The number of alkyl halides is 3. The maximum Gasteiger partial charge on any atom is 0.401 e. The van der Waals surface area contributed by atoms with Gasteiger partial charge in [0.05, 0.1) is 19.8 Å². The highest BCUT2D eigenvalue weighted by Crippen LogP contribution is 2.20. The van der Waals surface area contributed by atoms with Crippen molar-refractivity contribution in [3.05, 3.63) is 0 Å². The molecule has 1 atom stereocenters. The Balaban J connectivity index is 2.58. The van der Waals surface area contributed by atoms with Crippen molar-refractivity contribution in [2.24, 2.45) is 5.92 Å². The molecule has 0 aromatic carbocycles. The van der Waals surface area contributed by atoms with Crippen LogP contribution in [0.15, 0.2) is 0 Å². The van der Waals surface area contributed by atoms with Crippen molar-refractivity contribution in [3.63, 3.8) is 0 Å². The lowest BCUT2D eigenvalue weighted by molar-refractivity contribution is -0.168. The van der Waals surface area contributed by atoms with Gasteiger partial charge in [0.1, 0.15) is 11.6 Å². The van der Waals surface area contributed by atoms with Gasteiger partial charge in [-0.1, -0.05) is 0 Å².